The number of rotatable bonds is 10. The van der Waals surface area contributed by atoms with Crippen LogP contribution in [-0.4, -0.2) is 25.0 Å². The summed E-state index contributed by atoms with van der Waals surface area (Å²) in [4.78, 5) is 24.3. The second-order valence-electron chi connectivity index (χ2n) is 15.7. The van der Waals surface area contributed by atoms with Crippen molar-refractivity contribution in [1.82, 2.24) is 10.6 Å². The van der Waals surface area contributed by atoms with Gasteiger partial charge in [-0.2, -0.15) is 52.7 Å². The zero-order chi connectivity index (χ0) is 46.1. The van der Waals surface area contributed by atoms with Crippen LogP contribution in [0.25, 0.3) is 0 Å². The molecule has 0 aromatic heterocycles. The Morgan fingerprint density at radius 1 is 0.516 bits per heavy atom. The van der Waals surface area contributed by atoms with Crippen molar-refractivity contribution in [3.63, 3.8) is 0 Å². The molecule has 0 radical (unpaired) electrons. The Morgan fingerprint density at radius 3 is 1.02 bits per heavy atom. The van der Waals surface area contributed by atoms with E-state index in [4.69, 9.17) is 9.47 Å². The minimum absolute atomic E-state index is 0.0839. The van der Waals surface area contributed by atoms with Gasteiger partial charge >= 0.3 is 24.7 Å². The first-order valence-electron chi connectivity index (χ1n) is 19.2. The van der Waals surface area contributed by atoms with E-state index in [0.29, 0.717) is 37.1 Å². The predicted molar refractivity (Wildman–Crippen MR) is 202 cm³/mol. The minimum atomic E-state index is -4.93. The molecular formula is C44H42F12N2O4. The lowest BCUT2D eigenvalue weighted by molar-refractivity contribution is -0.145. The second-order valence-corrected chi connectivity index (χ2v) is 15.7. The van der Waals surface area contributed by atoms with Crippen molar-refractivity contribution in [3.05, 3.63) is 142 Å². The predicted octanol–water partition coefficient (Wildman–Crippen LogP) is 11.7. The summed E-state index contributed by atoms with van der Waals surface area (Å²) in [6, 6.07) is 20.6. The number of hydrogen-bond acceptors (Lipinski definition) is 4. The van der Waals surface area contributed by atoms with E-state index in [2.05, 4.69) is 10.6 Å². The lowest BCUT2D eigenvalue weighted by Crippen LogP contribution is -2.43. The van der Waals surface area contributed by atoms with Gasteiger partial charge in [-0.25, -0.2) is 0 Å². The topological polar surface area (TPSA) is 76.7 Å². The molecule has 2 aliphatic rings. The number of benzene rings is 4. The average Bonchev–Trinajstić information content (AvgIpc) is 3.68. The summed E-state index contributed by atoms with van der Waals surface area (Å²) in [7, 11) is 0. The van der Waals surface area contributed by atoms with Crippen LogP contribution >= 0.6 is 0 Å². The molecule has 6 atom stereocenters. The lowest BCUT2D eigenvalue weighted by atomic mass is 9.86. The van der Waals surface area contributed by atoms with Crippen LogP contribution in [0.2, 0.25) is 0 Å². The third kappa shape index (κ3) is 11.3. The number of carbonyl (C=O) groups is 2. The molecule has 2 amide bonds. The summed E-state index contributed by atoms with van der Waals surface area (Å²) in [5, 5.41) is 5.78. The van der Waals surface area contributed by atoms with E-state index in [1.165, 1.54) is 13.8 Å². The van der Waals surface area contributed by atoms with E-state index in [1.54, 1.807) is 74.5 Å². The molecule has 2 N–H and O–H groups in total. The maximum atomic E-state index is 13.1. The van der Waals surface area contributed by atoms with Gasteiger partial charge in [-0.05, 0) is 85.3 Å². The molecule has 0 unspecified atom stereocenters. The fourth-order valence-electron chi connectivity index (χ4n) is 7.46. The fourth-order valence-corrected chi connectivity index (χ4v) is 7.46. The highest BCUT2D eigenvalue weighted by Crippen LogP contribution is 2.42. The normalized spacial score (nSPS) is 23.0. The molecule has 2 saturated heterocycles. The van der Waals surface area contributed by atoms with Crippen LogP contribution in [0.4, 0.5) is 52.7 Å². The maximum Gasteiger partial charge on any atom is 0.416 e. The Balaban J connectivity index is 0.000000234. The van der Waals surface area contributed by atoms with Crippen molar-refractivity contribution in [2.45, 2.75) is 88.5 Å². The standard InChI is InChI=1S/2C22H21F6NO2/c2*1-13-11-20(29-19(13)30,16-6-4-3-5-7-16)12-31-14(2)15-8-17(21(23,24)25)10-18(9-15)22(26,27)28/h2*3-10,13-14H,11-12H2,1-2H3,(H,29,30)/t13-,14+,20+;13-,14-,20-/m01/s1. The van der Waals surface area contributed by atoms with E-state index in [0.717, 1.165) is 11.1 Å². The van der Waals surface area contributed by atoms with Gasteiger partial charge in [0.15, 0.2) is 0 Å². The molecule has 0 aliphatic carbocycles. The summed E-state index contributed by atoms with van der Waals surface area (Å²) >= 11 is 0. The van der Waals surface area contributed by atoms with Crippen LogP contribution in [0.1, 0.15) is 97.3 Å². The monoisotopic (exact) mass is 890 g/mol. The van der Waals surface area contributed by atoms with Crippen molar-refractivity contribution in [2.24, 2.45) is 11.8 Å². The van der Waals surface area contributed by atoms with E-state index in [1.807, 2.05) is 0 Å². The molecule has 2 heterocycles. The molecule has 6 nitrogen and oxygen atoms in total. The quantitative estimate of drug-likeness (QED) is 0.156. The summed E-state index contributed by atoms with van der Waals surface area (Å²) < 4.78 is 169. The largest absolute Gasteiger partial charge is 0.416 e. The number of alkyl halides is 12. The van der Waals surface area contributed by atoms with E-state index >= 15 is 0 Å². The third-order valence-electron chi connectivity index (χ3n) is 10.9. The van der Waals surface area contributed by atoms with Gasteiger partial charge in [0.1, 0.15) is 0 Å². The van der Waals surface area contributed by atoms with Gasteiger partial charge in [0.05, 0.1) is 58.8 Å². The average molecular weight is 891 g/mol. The number of nitrogens with one attached hydrogen (secondary N) is 2. The van der Waals surface area contributed by atoms with Crippen LogP contribution in [0.5, 0.6) is 0 Å². The number of hydrogen-bond donors (Lipinski definition) is 2. The number of amides is 2. The van der Waals surface area contributed by atoms with Gasteiger partial charge in [0.25, 0.3) is 0 Å². The van der Waals surface area contributed by atoms with Crippen molar-refractivity contribution >= 4 is 11.8 Å². The molecule has 0 spiro atoms. The van der Waals surface area contributed by atoms with Gasteiger partial charge in [-0.15, -0.1) is 0 Å². The minimum Gasteiger partial charge on any atom is -0.371 e. The highest BCUT2D eigenvalue weighted by Gasteiger charge is 2.46. The Kier molecular flexibility index (Phi) is 13.9. The van der Waals surface area contributed by atoms with Crippen molar-refractivity contribution in [3.8, 4) is 0 Å². The van der Waals surface area contributed by atoms with E-state index < -0.39 is 70.2 Å². The highest BCUT2D eigenvalue weighted by molar-refractivity contribution is 5.82. The summed E-state index contributed by atoms with van der Waals surface area (Å²) in [5.74, 6) is -1.02. The SMILES string of the molecule is C[C@@H]1C[C@@](CO[C@H](C)c2cc(C(F)(F)F)cc(C(F)(F)F)c2)(c2ccccc2)NC1=O.C[C@H]1C[C@@](CO[C@H](C)c2cc(C(F)(F)F)cc(C(F)(F)F)c2)(c2ccccc2)NC1=O. The van der Waals surface area contributed by atoms with Gasteiger partial charge < -0.3 is 20.1 Å². The molecule has 62 heavy (non-hydrogen) atoms. The van der Waals surface area contributed by atoms with Gasteiger partial charge in [-0.1, -0.05) is 74.5 Å². The van der Waals surface area contributed by atoms with E-state index in [-0.39, 0.29) is 60.1 Å². The van der Waals surface area contributed by atoms with Gasteiger partial charge in [-0.3, -0.25) is 9.59 Å². The molecule has 336 valence electrons. The van der Waals surface area contributed by atoms with Gasteiger partial charge in [0, 0.05) is 11.8 Å². The van der Waals surface area contributed by atoms with Crippen LogP contribution in [-0.2, 0) is 54.8 Å². The molecular weight excluding hydrogens is 848 g/mol. The molecule has 0 saturated carbocycles. The molecule has 2 fully saturated rings. The number of ether oxygens (including phenoxy) is 2. The Hall–Kier alpha value is -5.10. The third-order valence-corrected chi connectivity index (χ3v) is 10.9. The molecule has 4 aromatic rings. The van der Waals surface area contributed by atoms with Crippen molar-refractivity contribution < 1.29 is 71.7 Å². The Morgan fingerprint density at radius 2 is 0.790 bits per heavy atom. The molecule has 6 rings (SSSR count). The van der Waals surface area contributed by atoms with Gasteiger partial charge in [0.2, 0.25) is 11.8 Å². The van der Waals surface area contributed by atoms with E-state index in [9.17, 15) is 62.3 Å². The summed E-state index contributed by atoms with van der Waals surface area (Å²) in [5.41, 5.74) is -6.41. The summed E-state index contributed by atoms with van der Waals surface area (Å²) in [6.07, 6.45) is -21.1. The van der Waals surface area contributed by atoms with Crippen LogP contribution in [0.3, 0.4) is 0 Å². The lowest BCUT2D eigenvalue weighted by Gasteiger charge is -2.31. The van der Waals surface area contributed by atoms with Crippen LogP contribution in [0.15, 0.2) is 97.1 Å². The Labute approximate surface area is 349 Å². The first kappa shape index (κ1) is 47.9. The zero-order valence-corrected chi connectivity index (χ0v) is 33.5. The van der Waals surface area contributed by atoms with Crippen molar-refractivity contribution in [1.29, 1.82) is 0 Å². The molecule has 4 aromatic carbocycles. The highest BCUT2D eigenvalue weighted by atomic mass is 19.4. The van der Waals surface area contributed by atoms with Crippen LogP contribution in [0, 0.1) is 11.8 Å². The first-order valence-corrected chi connectivity index (χ1v) is 19.2. The molecule has 2 aliphatic heterocycles. The smallest absolute Gasteiger partial charge is 0.371 e. The summed E-state index contributed by atoms with van der Waals surface area (Å²) in [6.45, 7) is 6.04. The fraction of sp³-hybridized carbons (Fsp3) is 0.409. The molecule has 0 bridgehead atoms. The number of carbonyl (C=O) groups excluding carboxylic acids is 2. The maximum absolute atomic E-state index is 13.1. The molecule has 18 heteroatoms. The second kappa shape index (κ2) is 17.9. The van der Waals surface area contributed by atoms with Crippen molar-refractivity contribution in [2.75, 3.05) is 13.2 Å². The Bertz CT molecular complexity index is 1970. The van der Waals surface area contributed by atoms with Crippen LogP contribution < -0.4 is 10.6 Å². The number of halogens is 12. The zero-order valence-electron chi connectivity index (χ0n) is 33.5. The first-order chi connectivity index (χ1) is 28.6.